The van der Waals surface area contributed by atoms with Crippen LogP contribution in [-0.2, 0) is 11.3 Å². The smallest absolute Gasteiger partial charge is 0.407 e. The topological polar surface area (TPSA) is 38.3 Å². The van der Waals surface area contributed by atoms with E-state index in [0.29, 0.717) is 5.56 Å². The number of carbonyl (C=O) groups excluding carboxylic acids is 1. The lowest BCUT2D eigenvalue weighted by Crippen LogP contribution is -2.40. The molecule has 0 aliphatic heterocycles. The van der Waals surface area contributed by atoms with E-state index in [2.05, 4.69) is 5.32 Å². The quantitative estimate of drug-likeness (QED) is 0.840. The Morgan fingerprint density at radius 2 is 2.12 bits per heavy atom. The molecule has 0 spiro atoms. The van der Waals surface area contributed by atoms with E-state index in [1.54, 1.807) is 12.1 Å². The largest absolute Gasteiger partial charge is 0.445 e. The molecule has 4 heteroatoms. The second-order valence-electron chi connectivity index (χ2n) is 4.58. The number of rotatable bonds is 2. The molecule has 0 bridgehead atoms. The highest BCUT2D eigenvalue weighted by molar-refractivity contribution is 5.68. The number of halogens is 1. The van der Waals surface area contributed by atoms with E-state index in [4.69, 9.17) is 4.74 Å². The van der Waals surface area contributed by atoms with Gasteiger partial charge in [-0.25, -0.2) is 9.18 Å². The normalized spacial score (nSPS) is 11.0. The number of alkyl carbamates (subject to hydrolysis) is 1. The summed E-state index contributed by atoms with van der Waals surface area (Å²) in [5.74, 6) is -0.336. The first kappa shape index (κ1) is 12.5. The van der Waals surface area contributed by atoms with E-state index in [1.807, 2.05) is 20.8 Å². The van der Waals surface area contributed by atoms with Gasteiger partial charge in [-0.2, -0.15) is 0 Å². The maximum atomic E-state index is 12.8. The monoisotopic (exact) mass is 225 g/mol. The van der Waals surface area contributed by atoms with Crippen LogP contribution in [-0.4, -0.2) is 11.6 Å². The number of carbonyl (C=O) groups is 1. The number of nitrogens with one attached hydrogen (secondary N) is 1. The van der Waals surface area contributed by atoms with E-state index in [0.717, 1.165) is 0 Å². The van der Waals surface area contributed by atoms with Crippen LogP contribution in [0.15, 0.2) is 24.3 Å². The fourth-order valence-corrected chi connectivity index (χ4v) is 1.12. The zero-order valence-electron chi connectivity index (χ0n) is 9.71. The van der Waals surface area contributed by atoms with Crippen molar-refractivity contribution in [2.75, 3.05) is 0 Å². The van der Waals surface area contributed by atoms with E-state index < -0.39 is 6.09 Å². The van der Waals surface area contributed by atoms with Gasteiger partial charge in [-0.1, -0.05) is 12.1 Å². The van der Waals surface area contributed by atoms with Crippen molar-refractivity contribution >= 4 is 6.09 Å². The molecule has 1 amide bonds. The van der Waals surface area contributed by atoms with Gasteiger partial charge in [0.25, 0.3) is 0 Å². The van der Waals surface area contributed by atoms with Crippen LogP contribution in [0.4, 0.5) is 9.18 Å². The second kappa shape index (κ2) is 4.96. The van der Waals surface area contributed by atoms with Crippen LogP contribution in [0, 0.1) is 5.82 Å². The van der Waals surface area contributed by atoms with E-state index in [9.17, 15) is 9.18 Å². The van der Waals surface area contributed by atoms with Crippen molar-refractivity contribution in [2.45, 2.75) is 32.9 Å². The molecule has 0 radical (unpaired) electrons. The SMILES string of the molecule is CC(C)(C)NC(=O)OCc1cccc(F)c1. The molecule has 3 nitrogen and oxygen atoms in total. The lowest BCUT2D eigenvalue weighted by Gasteiger charge is -2.19. The van der Waals surface area contributed by atoms with Crippen molar-refractivity contribution in [1.82, 2.24) is 5.32 Å². The highest BCUT2D eigenvalue weighted by Crippen LogP contribution is 2.06. The fraction of sp³-hybridized carbons (Fsp3) is 0.417. The summed E-state index contributed by atoms with van der Waals surface area (Å²) in [7, 11) is 0. The van der Waals surface area contributed by atoms with E-state index >= 15 is 0 Å². The number of hydrogen-bond acceptors (Lipinski definition) is 2. The van der Waals surface area contributed by atoms with Gasteiger partial charge < -0.3 is 10.1 Å². The van der Waals surface area contributed by atoms with Crippen molar-refractivity contribution in [3.63, 3.8) is 0 Å². The predicted molar refractivity (Wildman–Crippen MR) is 59.5 cm³/mol. The molecule has 0 heterocycles. The van der Waals surface area contributed by atoms with Crippen LogP contribution in [0.1, 0.15) is 26.3 Å². The number of ether oxygens (including phenoxy) is 1. The minimum absolute atomic E-state index is 0.0691. The summed E-state index contributed by atoms with van der Waals surface area (Å²) in [5, 5.41) is 2.65. The van der Waals surface area contributed by atoms with Crippen LogP contribution in [0.3, 0.4) is 0 Å². The molecular weight excluding hydrogens is 209 g/mol. The Hall–Kier alpha value is -1.58. The zero-order chi connectivity index (χ0) is 12.2. The third-order valence-corrected chi connectivity index (χ3v) is 1.74. The van der Waals surface area contributed by atoms with Crippen LogP contribution in [0.2, 0.25) is 0 Å². The standard InChI is InChI=1S/C12H16FNO2/c1-12(2,3)14-11(15)16-8-9-5-4-6-10(13)7-9/h4-7H,8H2,1-3H3,(H,14,15). The van der Waals surface area contributed by atoms with Crippen LogP contribution in [0.25, 0.3) is 0 Å². The Balaban J connectivity index is 2.43. The van der Waals surface area contributed by atoms with Gasteiger partial charge in [0.2, 0.25) is 0 Å². The third kappa shape index (κ3) is 4.77. The summed E-state index contributed by atoms with van der Waals surface area (Å²) in [6.45, 7) is 5.64. The van der Waals surface area contributed by atoms with Gasteiger partial charge in [-0.15, -0.1) is 0 Å². The van der Waals surface area contributed by atoms with Gasteiger partial charge in [0.15, 0.2) is 0 Å². The second-order valence-corrected chi connectivity index (χ2v) is 4.58. The summed E-state index contributed by atoms with van der Waals surface area (Å²) in [6.07, 6.45) is -0.503. The average molecular weight is 225 g/mol. The van der Waals surface area contributed by atoms with Crippen molar-refractivity contribution in [3.8, 4) is 0 Å². The van der Waals surface area contributed by atoms with Crippen LogP contribution >= 0.6 is 0 Å². The molecule has 0 aliphatic carbocycles. The lowest BCUT2D eigenvalue weighted by molar-refractivity contribution is 0.131. The molecule has 1 aromatic rings. The fourth-order valence-electron chi connectivity index (χ4n) is 1.12. The Kier molecular flexibility index (Phi) is 3.88. The summed E-state index contributed by atoms with van der Waals surface area (Å²) in [4.78, 5) is 11.3. The molecule has 1 N–H and O–H groups in total. The van der Waals surface area contributed by atoms with Gasteiger partial charge in [-0.05, 0) is 38.5 Å². The minimum atomic E-state index is -0.503. The zero-order valence-corrected chi connectivity index (χ0v) is 9.71. The van der Waals surface area contributed by atoms with Gasteiger partial charge in [0.1, 0.15) is 12.4 Å². The maximum Gasteiger partial charge on any atom is 0.407 e. The molecule has 1 aromatic carbocycles. The van der Waals surface area contributed by atoms with Crippen molar-refractivity contribution in [1.29, 1.82) is 0 Å². The Bertz CT molecular complexity index is 372. The van der Waals surface area contributed by atoms with E-state index in [-0.39, 0.29) is 18.0 Å². The first-order valence-electron chi connectivity index (χ1n) is 5.06. The Labute approximate surface area is 94.6 Å². The number of amides is 1. The molecule has 1 rings (SSSR count). The molecular formula is C12H16FNO2. The lowest BCUT2D eigenvalue weighted by atomic mass is 10.1. The van der Waals surface area contributed by atoms with E-state index in [1.165, 1.54) is 12.1 Å². The minimum Gasteiger partial charge on any atom is -0.445 e. The van der Waals surface area contributed by atoms with Gasteiger partial charge in [-0.3, -0.25) is 0 Å². The molecule has 16 heavy (non-hydrogen) atoms. The first-order valence-corrected chi connectivity index (χ1v) is 5.06. The predicted octanol–water partition coefficient (Wildman–Crippen LogP) is 2.85. The van der Waals surface area contributed by atoms with Crippen molar-refractivity contribution in [3.05, 3.63) is 35.6 Å². The van der Waals surface area contributed by atoms with Gasteiger partial charge in [0.05, 0.1) is 0 Å². The molecule has 0 aliphatic rings. The van der Waals surface area contributed by atoms with Crippen molar-refractivity contribution < 1.29 is 13.9 Å². The number of hydrogen-bond donors (Lipinski definition) is 1. The molecule has 88 valence electrons. The van der Waals surface area contributed by atoms with Crippen molar-refractivity contribution in [2.24, 2.45) is 0 Å². The molecule has 0 unspecified atom stereocenters. The Morgan fingerprint density at radius 3 is 2.69 bits per heavy atom. The summed E-state index contributed by atoms with van der Waals surface area (Å²) in [5.41, 5.74) is 0.294. The highest BCUT2D eigenvalue weighted by Gasteiger charge is 2.14. The molecule has 0 fully saturated rings. The highest BCUT2D eigenvalue weighted by atomic mass is 19.1. The Morgan fingerprint density at radius 1 is 1.44 bits per heavy atom. The van der Waals surface area contributed by atoms with Gasteiger partial charge >= 0.3 is 6.09 Å². The third-order valence-electron chi connectivity index (χ3n) is 1.74. The number of benzene rings is 1. The van der Waals surface area contributed by atoms with Crippen LogP contribution < -0.4 is 5.32 Å². The molecule has 0 atom stereocenters. The summed E-state index contributed by atoms with van der Waals surface area (Å²) >= 11 is 0. The summed E-state index contributed by atoms with van der Waals surface area (Å²) < 4.78 is 17.7. The molecule has 0 saturated heterocycles. The maximum absolute atomic E-state index is 12.8. The first-order chi connectivity index (χ1) is 7.37. The van der Waals surface area contributed by atoms with Crippen LogP contribution in [0.5, 0.6) is 0 Å². The summed E-state index contributed by atoms with van der Waals surface area (Å²) in [6, 6.07) is 5.96. The molecule has 0 aromatic heterocycles. The average Bonchev–Trinajstić information content (AvgIpc) is 2.12. The molecule has 0 saturated carbocycles. The van der Waals surface area contributed by atoms with Gasteiger partial charge in [0, 0.05) is 5.54 Å².